The smallest absolute Gasteiger partial charge is 0.303 e. The minimum Gasteiger partial charge on any atom is -0.481 e. The summed E-state index contributed by atoms with van der Waals surface area (Å²) in [6, 6.07) is 0. The van der Waals surface area contributed by atoms with Crippen LogP contribution < -0.4 is 0 Å². The van der Waals surface area contributed by atoms with E-state index in [4.69, 9.17) is 5.11 Å². The summed E-state index contributed by atoms with van der Waals surface area (Å²) in [5, 5.41) is 39.4. The van der Waals surface area contributed by atoms with Crippen molar-refractivity contribution in [2.24, 2.45) is 5.92 Å². The van der Waals surface area contributed by atoms with Gasteiger partial charge in [0.15, 0.2) is 0 Å². The first-order valence-corrected chi connectivity index (χ1v) is 14.6. The molecule has 0 fully saturated rings. The van der Waals surface area contributed by atoms with E-state index in [-0.39, 0.29) is 6.10 Å². The molecule has 0 bridgehead atoms. The Labute approximate surface area is 210 Å². The molecule has 0 aromatic rings. The summed E-state index contributed by atoms with van der Waals surface area (Å²) in [4.78, 5) is 10.5. The van der Waals surface area contributed by atoms with Crippen molar-refractivity contribution in [2.45, 2.75) is 173 Å². The number of carboxylic acid groups (broad SMARTS) is 1. The first-order chi connectivity index (χ1) is 16.4. The summed E-state index contributed by atoms with van der Waals surface area (Å²) in [6.45, 7) is 4.40. The second-order valence-corrected chi connectivity index (χ2v) is 10.7. The molecule has 4 N–H and O–H groups in total. The van der Waals surface area contributed by atoms with Gasteiger partial charge in [-0.1, -0.05) is 117 Å². The van der Waals surface area contributed by atoms with Crippen LogP contribution in [0.25, 0.3) is 0 Å². The lowest BCUT2D eigenvalue weighted by Gasteiger charge is -2.22. The molecule has 4 atom stereocenters. The Balaban J connectivity index is 3.56. The summed E-state index contributed by atoms with van der Waals surface area (Å²) < 4.78 is 0. The lowest BCUT2D eigenvalue weighted by Crippen LogP contribution is -2.29. The van der Waals surface area contributed by atoms with Crippen molar-refractivity contribution in [3.8, 4) is 0 Å². The van der Waals surface area contributed by atoms with Crippen molar-refractivity contribution < 1.29 is 25.2 Å². The minimum atomic E-state index is -0.731. The second kappa shape index (κ2) is 24.1. The molecule has 34 heavy (non-hydrogen) atoms. The van der Waals surface area contributed by atoms with Gasteiger partial charge in [0.05, 0.1) is 18.3 Å². The highest BCUT2D eigenvalue weighted by atomic mass is 16.4. The molecular formula is C29H58O5. The summed E-state index contributed by atoms with van der Waals surface area (Å²) in [6.07, 6.45) is 21.0. The van der Waals surface area contributed by atoms with Gasteiger partial charge < -0.3 is 20.4 Å². The Morgan fingerprint density at radius 2 is 1.06 bits per heavy atom. The molecule has 0 aliphatic rings. The molecule has 5 nitrogen and oxygen atoms in total. The van der Waals surface area contributed by atoms with Crippen LogP contribution in [0.1, 0.15) is 155 Å². The normalized spacial score (nSPS) is 15.2. The molecule has 0 aliphatic carbocycles. The standard InChI is InChI=1S/C29H58O5/c1-3-4-5-6-13-16-19-25(2)24-28(32)27(31)23-22-26(30)20-17-14-11-9-7-8-10-12-15-18-21-29(33)34/h25-28,30-32H,3-24H2,1-2H3,(H,33,34)/t25-,26-,27-,28-/m0/s1. The van der Waals surface area contributed by atoms with Crippen molar-refractivity contribution >= 4 is 5.97 Å². The van der Waals surface area contributed by atoms with Crippen molar-refractivity contribution in [2.75, 3.05) is 0 Å². The molecule has 0 aliphatic heterocycles. The average molecular weight is 487 g/mol. The average Bonchev–Trinajstić information content (AvgIpc) is 2.80. The molecule has 0 spiro atoms. The van der Waals surface area contributed by atoms with E-state index in [1.165, 1.54) is 70.6 Å². The monoisotopic (exact) mass is 486 g/mol. The Kier molecular flexibility index (Phi) is 23.6. The van der Waals surface area contributed by atoms with Gasteiger partial charge in [-0.25, -0.2) is 0 Å². The maximum Gasteiger partial charge on any atom is 0.303 e. The van der Waals surface area contributed by atoms with Gasteiger partial charge in [-0.15, -0.1) is 0 Å². The molecule has 0 aromatic heterocycles. The van der Waals surface area contributed by atoms with E-state index < -0.39 is 18.2 Å². The zero-order valence-electron chi connectivity index (χ0n) is 22.6. The third-order valence-corrected chi connectivity index (χ3v) is 7.11. The maximum atomic E-state index is 10.5. The van der Waals surface area contributed by atoms with Crippen molar-refractivity contribution in [1.29, 1.82) is 0 Å². The van der Waals surface area contributed by atoms with Gasteiger partial charge in [-0.2, -0.15) is 0 Å². The molecule has 0 saturated carbocycles. The lowest BCUT2D eigenvalue weighted by atomic mass is 9.92. The summed E-state index contributed by atoms with van der Waals surface area (Å²) in [7, 11) is 0. The molecule has 5 heteroatoms. The van der Waals surface area contributed by atoms with Crippen LogP contribution >= 0.6 is 0 Å². The predicted molar refractivity (Wildman–Crippen MR) is 142 cm³/mol. The second-order valence-electron chi connectivity index (χ2n) is 10.7. The van der Waals surface area contributed by atoms with Crippen LogP contribution in [0.4, 0.5) is 0 Å². The topological polar surface area (TPSA) is 98.0 Å². The number of carbonyl (C=O) groups is 1. The summed E-state index contributed by atoms with van der Waals surface area (Å²) in [5.74, 6) is -0.264. The van der Waals surface area contributed by atoms with E-state index in [9.17, 15) is 20.1 Å². The summed E-state index contributed by atoms with van der Waals surface area (Å²) in [5.41, 5.74) is 0. The number of rotatable bonds is 26. The van der Waals surface area contributed by atoms with E-state index in [1.807, 2.05) is 0 Å². The fraction of sp³-hybridized carbons (Fsp3) is 0.966. The van der Waals surface area contributed by atoms with E-state index in [1.54, 1.807) is 0 Å². The molecule has 0 saturated heterocycles. The van der Waals surface area contributed by atoms with Gasteiger partial charge in [0.1, 0.15) is 0 Å². The van der Waals surface area contributed by atoms with E-state index in [0.29, 0.717) is 31.6 Å². The fourth-order valence-corrected chi connectivity index (χ4v) is 4.73. The third-order valence-electron chi connectivity index (χ3n) is 7.11. The van der Waals surface area contributed by atoms with Crippen molar-refractivity contribution in [3.63, 3.8) is 0 Å². The Morgan fingerprint density at radius 1 is 0.588 bits per heavy atom. The molecule has 0 radical (unpaired) electrons. The van der Waals surface area contributed by atoms with Gasteiger partial charge in [0.25, 0.3) is 0 Å². The Morgan fingerprint density at radius 3 is 1.59 bits per heavy atom. The van der Waals surface area contributed by atoms with Crippen LogP contribution in [0.15, 0.2) is 0 Å². The number of aliphatic carboxylic acids is 1. The number of hydrogen-bond acceptors (Lipinski definition) is 4. The third kappa shape index (κ3) is 23.1. The fourth-order valence-electron chi connectivity index (χ4n) is 4.73. The van der Waals surface area contributed by atoms with Gasteiger partial charge >= 0.3 is 5.97 Å². The highest BCUT2D eigenvalue weighted by molar-refractivity contribution is 5.66. The largest absolute Gasteiger partial charge is 0.481 e. The van der Waals surface area contributed by atoms with Crippen LogP contribution in [-0.2, 0) is 4.79 Å². The number of unbranched alkanes of at least 4 members (excludes halogenated alkanes) is 14. The van der Waals surface area contributed by atoms with Crippen LogP contribution in [0.2, 0.25) is 0 Å². The van der Waals surface area contributed by atoms with E-state index >= 15 is 0 Å². The van der Waals surface area contributed by atoms with Gasteiger partial charge in [0, 0.05) is 6.42 Å². The number of aliphatic hydroxyl groups excluding tert-OH is 3. The highest BCUT2D eigenvalue weighted by Gasteiger charge is 2.20. The zero-order valence-corrected chi connectivity index (χ0v) is 22.6. The molecule has 0 unspecified atom stereocenters. The minimum absolute atomic E-state index is 0.296. The molecule has 0 aromatic carbocycles. The Hall–Kier alpha value is -0.650. The van der Waals surface area contributed by atoms with Crippen molar-refractivity contribution in [1.82, 2.24) is 0 Å². The first kappa shape index (κ1) is 33.4. The van der Waals surface area contributed by atoms with E-state index in [0.717, 1.165) is 44.9 Å². The lowest BCUT2D eigenvalue weighted by molar-refractivity contribution is -0.137. The molecule has 0 heterocycles. The highest BCUT2D eigenvalue weighted by Crippen LogP contribution is 2.20. The maximum absolute atomic E-state index is 10.5. The number of aliphatic hydroxyl groups is 3. The van der Waals surface area contributed by atoms with Crippen LogP contribution in [0.3, 0.4) is 0 Å². The first-order valence-electron chi connectivity index (χ1n) is 14.6. The number of hydrogen-bond donors (Lipinski definition) is 4. The SMILES string of the molecule is CCCCCCCC[C@H](C)C[C@H](O)[C@@H](O)CC[C@@H](O)CCCCCCCCCCCCC(=O)O. The van der Waals surface area contributed by atoms with Crippen LogP contribution in [0, 0.1) is 5.92 Å². The van der Waals surface area contributed by atoms with Gasteiger partial charge in [0.2, 0.25) is 0 Å². The molecule has 0 amide bonds. The van der Waals surface area contributed by atoms with Gasteiger partial charge in [-0.3, -0.25) is 4.79 Å². The van der Waals surface area contributed by atoms with Gasteiger partial charge in [-0.05, 0) is 38.0 Å². The van der Waals surface area contributed by atoms with Crippen LogP contribution in [0.5, 0.6) is 0 Å². The Bertz CT molecular complexity index is 442. The summed E-state index contributed by atoms with van der Waals surface area (Å²) >= 11 is 0. The zero-order chi connectivity index (χ0) is 25.4. The molecular weight excluding hydrogens is 428 g/mol. The van der Waals surface area contributed by atoms with E-state index in [2.05, 4.69) is 13.8 Å². The quantitative estimate of drug-likeness (QED) is 0.0955. The predicted octanol–water partition coefficient (Wildman–Crippen LogP) is 7.39. The molecule has 204 valence electrons. The number of carboxylic acids is 1. The van der Waals surface area contributed by atoms with Crippen molar-refractivity contribution in [3.05, 3.63) is 0 Å². The van der Waals surface area contributed by atoms with Crippen LogP contribution in [-0.4, -0.2) is 44.7 Å². The molecule has 0 rings (SSSR count).